The summed E-state index contributed by atoms with van der Waals surface area (Å²) >= 11 is 3.92. The minimum Gasteiger partial charge on any atom is -0.309 e. The summed E-state index contributed by atoms with van der Waals surface area (Å²) in [6.45, 7) is 8.63. The second-order valence-corrected chi connectivity index (χ2v) is 7.72. The average molecular weight is 256 g/mol. The van der Waals surface area contributed by atoms with Crippen molar-refractivity contribution in [3.8, 4) is 0 Å². The molecule has 1 aromatic heterocycles. The third-order valence-corrected chi connectivity index (χ3v) is 5.76. The Bertz CT molecular complexity index is 334. The molecule has 2 rings (SSSR count). The third kappa shape index (κ3) is 2.99. The molecule has 90 valence electrons. The normalized spacial score (nSPS) is 25.2. The van der Waals surface area contributed by atoms with Gasteiger partial charge in [-0.3, -0.25) is 0 Å². The van der Waals surface area contributed by atoms with Crippen LogP contribution in [0.3, 0.4) is 0 Å². The number of aromatic nitrogens is 1. The molecule has 1 aromatic rings. The molecule has 0 spiro atoms. The quantitative estimate of drug-likeness (QED) is 0.896. The summed E-state index contributed by atoms with van der Waals surface area (Å²) in [7, 11) is 0. The van der Waals surface area contributed by atoms with E-state index in [4.69, 9.17) is 0 Å². The number of nitrogens with zero attached hydrogens (tertiary/aromatic N) is 1. The first-order valence-corrected chi connectivity index (χ1v) is 7.67. The number of hydrogen-bond acceptors (Lipinski definition) is 4. The Balaban J connectivity index is 1.79. The molecule has 4 heteroatoms. The zero-order valence-corrected chi connectivity index (χ0v) is 11.9. The molecule has 2 nitrogen and oxygen atoms in total. The van der Waals surface area contributed by atoms with Gasteiger partial charge < -0.3 is 5.32 Å². The highest BCUT2D eigenvalue weighted by molar-refractivity contribution is 8.00. The number of aryl methyl sites for hydroxylation is 2. The zero-order chi connectivity index (χ0) is 11.6. The topological polar surface area (TPSA) is 24.9 Å². The lowest BCUT2D eigenvalue weighted by atomic mass is 10.1. The first-order chi connectivity index (χ1) is 7.59. The summed E-state index contributed by atoms with van der Waals surface area (Å²) in [4.78, 5) is 5.89. The fraction of sp³-hybridized carbons (Fsp3) is 0.750. The molecule has 0 aromatic carbocycles. The Morgan fingerprint density at radius 1 is 1.44 bits per heavy atom. The first kappa shape index (κ1) is 12.4. The van der Waals surface area contributed by atoms with Crippen LogP contribution in [0.4, 0.5) is 0 Å². The van der Waals surface area contributed by atoms with E-state index in [1.54, 1.807) is 0 Å². The summed E-state index contributed by atoms with van der Waals surface area (Å²) in [6.07, 6.45) is 2.72. The van der Waals surface area contributed by atoms with Gasteiger partial charge in [0.15, 0.2) is 0 Å². The van der Waals surface area contributed by atoms with E-state index in [-0.39, 0.29) is 0 Å². The molecule has 2 heterocycles. The summed E-state index contributed by atoms with van der Waals surface area (Å²) in [5.74, 6) is 1.33. The smallest absolute Gasteiger partial charge is 0.107 e. The van der Waals surface area contributed by atoms with Crippen LogP contribution in [0.15, 0.2) is 0 Å². The Kier molecular flexibility index (Phi) is 3.93. The minimum absolute atomic E-state index is 0.460. The van der Waals surface area contributed by atoms with Crippen LogP contribution in [-0.2, 0) is 6.54 Å². The Labute approximate surface area is 106 Å². The fourth-order valence-corrected chi connectivity index (χ4v) is 4.20. The molecule has 0 amide bonds. The van der Waals surface area contributed by atoms with Gasteiger partial charge >= 0.3 is 0 Å². The maximum Gasteiger partial charge on any atom is 0.107 e. The van der Waals surface area contributed by atoms with Crippen molar-refractivity contribution in [3.05, 3.63) is 15.6 Å². The standard InChI is InChI=1S/C12H20N2S2/c1-9-10(2)16-11(14-9)7-13-8-12(3)5-4-6-15-12/h13H,4-8H2,1-3H3. The molecular formula is C12H20N2S2. The molecule has 1 saturated heterocycles. The summed E-state index contributed by atoms with van der Waals surface area (Å²) in [5, 5.41) is 4.78. The summed E-state index contributed by atoms with van der Waals surface area (Å²) in [6, 6.07) is 0. The van der Waals surface area contributed by atoms with Crippen LogP contribution in [0.1, 0.15) is 35.3 Å². The van der Waals surface area contributed by atoms with Gasteiger partial charge in [-0.15, -0.1) is 11.3 Å². The van der Waals surface area contributed by atoms with Gasteiger partial charge in [0, 0.05) is 22.7 Å². The average Bonchev–Trinajstić information content (AvgIpc) is 2.76. The summed E-state index contributed by atoms with van der Waals surface area (Å²) in [5.41, 5.74) is 1.18. The lowest BCUT2D eigenvalue weighted by Crippen LogP contribution is -2.32. The molecule has 0 radical (unpaired) electrons. The third-order valence-electron chi connectivity index (χ3n) is 3.15. The van der Waals surface area contributed by atoms with Crippen LogP contribution in [0.25, 0.3) is 0 Å². The van der Waals surface area contributed by atoms with Crippen LogP contribution in [-0.4, -0.2) is 22.0 Å². The first-order valence-electron chi connectivity index (χ1n) is 5.87. The van der Waals surface area contributed by atoms with Crippen LogP contribution < -0.4 is 5.32 Å². The van der Waals surface area contributed by atoms with E-state index in [1.807, 2.05) is 11.3 Å². The van der Waals surface area contributed by atoms with Gasteiger partial charge in [-0.05, 0) is 39.4 Å². The number of hydrogen-bond donors (Lipinski definition) is 1. The molecule has 1 atom stereocenters. The van der Waals surface area contributed by atoms with Gasteiger partial charge in [0.05, 0.1) is 5.69 Å². The number of thioether (sulfide) groups is 1. The zero-order valence-electron chi connectivity index (χ0n) is 10.3. The van der Waals surface area contributed by atoms with E-state index in [1.165, 1.54) is 34.2 Å². The highest BCUT2D eigenvalue weighted by Crippen LogP contribution is 2.37. The molecule has 1 aliphatic rings. The predicted octanol–water partition coefficient (Wildman–Crippen LogP) is 3.14. The van der Waals surface area contributed by atoms with Crippen molar-refractivity contribution in [3.63, 3.8) is 0 Å². The molecule has 1 N–H and O–H groups in total. The van der Waals surface area contributed by atoms with E-state index in [2.05, 4.69) is 42.8 Å². The largest absolute Gasteiger partial charge is 0.309 e. The maximum absolute atomic E-state index is 4.55. The van der Waals surface area contributed by atoms with E-state index in [9.17, 15) is 0 Å². The molecule has 16 heavy (non-hydrogen) atoms. The molecule has 0 aliphatic carbocycles. The van der Waals surface area contributed by atoms with Crippen molar-refractivity contribution in [1.29, 1.82) is 0 Å². The van der Waals surface area contributed by atoms with Gasteiger partial charge in [0.2, 0.25) is 0 Å². The Morgan fingerprint density at radius 2 is 2.25 bits per heavy atom. The van der Waals surface area contributed by atoms with Crippen molar-refractivity contribution >= 4 is 23.1 Å². The van der Waals surface area contributed by atoms with E-state index in [0.29, 0.717) is 4.75 Å². The van der Waals surface area contributed by atoms with E-state index < -0.39 is 0 Å². The van der Waals surface area contributed by atoms with Gasteiger partial charge in [0.1, 0.15) is 5.01 Å². The van der Waals surface area contributed by atoms with Crippen molar-refractivity contribution < 1.29 is 0 Å². The molecule has 1 aliphatic heterocycles. The predicted molar refractivity (Wildman–Crippen MR) is 73.4 cm³/mol. The molecule has 1 unspecified atom stereocenters. The molecule has 1 fully saturated rings. The second-order valence-electron chi connectivity index (χ2n) is 4.75. The van der Waals surface area contributed by atoms with Crippen molar-refractivity contribution in [1.82, 2.24) is 10.3 Å². The highest BCUT2D eigenvalue weighted by Gasteiger charge is 2.28. The van der Waals surface area contributed by atoms with Crippen LogP contribution >= 0.6 is 23.1 Å². The van der Waals surface area contributed by atoms with E-state index in [0.717, 1.165) is 13.1 Å². The van der Waals surface area contributed by atoms with Gasteiger partial charge in [-0.25, -0.2) is 4.98 Å². The Hall–Kier alpha value is -0.0600. The molecule has 0 saturated carbocycles. The SMILES string of the molecule is Cc1nc(CNCC2(C)CCCS2)sc1C. The van der Waals surface area contributed by atoms with Gasteiger partial charge in [0.25, 0.3) is 0 Å². The van der Waals surface area contributed by atoms with Gasteiger partial charge in [-0.1, -0.05) is 0 Å². The Morgan fingerprint density at radius 3 is 2.81 bits per heavy atom. The number of rotatable bonds is 4. The van der Waals surface area contributed by atoms with Crippen LogP contribution in [0.5, 0.6) is 0 Å². The van der Waals surface area contributed by atoms with Crippen molar-refractivity contribution in [2.75, 3.05) is 12.3 Å². The minimum atomic E-state index is 0.460. The van der Waals surface area contributed by atoms with Crippen molar-refractivity contribution in [2.45, 2.75) is 44.9 Å². The van der Waals surface area contributed by atoms with E-state index >= 15 is 0 Å². The van der Waals surface area contributed by atoms with Gasteiger partial charge in [-0.2, -0.15) is 11.8 Å². The molecular weight excluding hydrogens is 236 g/mol. The summed E-state index contributed by atoms with van der Waals surface area (Å²) < 4.78 is 0.460. The lowest BCUT2D eigenvalue weighted by Gasteiger charge is -2.22. The van der Waals surface area contributed by atoms with Crippen LogP contribution in [0.2, 0.25) is 0 Å². The molecule has 0 bridgehead atoms. The second kappa shape index (κ2) is 5.07. The maximum atomic E-state index is 4.55. The monoisotopic (exact) mass is 256 g/mol. The number of thiazole rings is 1. The highest BCUT2D eigenvalue weighted by atomic mass is 32.2. The van der Waals surface area contributed by atoms with Crippen molar-refractivity contribution in [2.24, 2.45) is 0 Å². The fourth-order valence-electron chi connectivity index (χ4n) is 2.02. The number of nitrogens with one attached hydrogen (secondary N) is 1. The lowest BCUT2D eigenvalue weighted by molar-refractivity contribution is 0.536. The van der Waals surface area contributed by atoms with Crippen LogP contribution in [0, 0.1) is 13.8 Å².